The molecular formula is C24H21N3O4. The largest absolute Gasteiger partial charge is 0.497 e. The van der Waals surface area contributed by atoms with Crippen molar-refractivity contribution in [2.24, 2.45) is 0 Å². The van der Waals surface area contributed by atoms with Gasteiger partial charge < -0.3 is 19.5 Å². The van der Waals surface area contributed by atoms with Crippen LogP contribution in [-0.4, -0.2) is 31.7 Å². The van der Waals surface area contributed by atoms with Crippen LogP contribution < -0.4 is 19.5 Å². The van der Waals surface area contributed by atoms with E-state index in [1.165, 1.54) is 12.3 Å². The molecule has 0 bridgehead atoms. The molecular weight excluding hydrogens is 394 g/mol. The summed E-state index contributed by atoms with van der Waals surface area (Å²) >= 11 is 0. The Balaban J connectivity index is 1.65. The Bertz CT molecular complexity index is 1150. The zero-order valence-corrected chi connectivity index (χ0v) is 17.2. The van der Waals surface area contributed by atoms with Gasteiger partial charge in [-0.15, -0.1) is 0 Å². The molecule has 7 nitrogen and oxygen atoms in total. The van der Waals surface area contributed by atoms with Crippen LogP contribution in [-0.2, 0) is 0 Å². The molecule has 0 radical (unpaired) electrons. The van der Waals surface area contributed by atoms with Gasteiger partial charge in [0.1, 0.15) is 29.0 Å². The number of methoxy groups -OCH3 is 2. The molecule has 7 heteroatoms. The Hall–Kier alpha value is -4.05. The number of hydrogen-bond donors (Lipinski definition) is 1. The second-order valence-electron chi connectivity index (χ2n) is 7.06. The van der Waals surface area contributed by atoms with Crippen LogP contribution >= 0.6 is 0 Å². The Labute approximate surface area is 180 Å². The first-order valence-electron chi connectivity index (χ1n) is 9.78. The van der Waals surface area contributed by atoms with Gasteiger partial charge in [-0.05, 0) is 47.5 Å². The molecule has 1 N–H and O–H groups in total. The second kappa shape index (κ2) is 8.76. The van der Waals surface area contributed by atoms with E-state index >= 15 is 0 Å². The molecule has 3 aromatic rings. The summed E-state index contributed by atoms with van der Waals surface area (Å²) in [4.78, 5) is 16.7. The monoisotopic (exact) mass is 415 g/mol. The van der Waals surface area contributed by atoms with Gasteiger partial charge in [-0.1, -0.05) is 6.07 Å². The molecule has 0 saturated heterocycles. The van der Waals surface area contributed by atoms with Gasteiger partial charge in [0.25, 0.3) is 5.91 Å². The van der Waals surface area contributed by atoms with Crippen molar-refractivity contribution in [3.8, 4) is 34.4 Å². The van der Waals surface area contributed by atoms with E-state index in [9.17, 15) is 4.79 Å². The number of ether oxygens (including phenoxy) is 3. The molecule has 156 valence electrons. The van der Waals surface area contributed by atoms with Crippen LogP contribution in [0, 0.1) is 11.3 Å². The van der Waals surface area contributed by atoms with Gasteiger partial charge >= 0.3 is 0 Å². The molecule has 2 heterocycles. The van der Waals surface area contributed by atoms with Crippen molar-refractivity contribution in [3.05, 3.63) is 71.5 Å². The van der Waals surface area contributed by atoms with Gasteiger partial charge in [-0.2, -0.15) is 5.26 Å². The summed E-state index contributed by atoms with van der Waals surface area (Å²) in [6.45, 7) is 0.504. The molecule has 1 amide bonds. The molecule has 2 aromatic carbocycles. The van der Waals surface area contributed by atoms with Gasteiger partial charge in [0, 0.05) is 29.8 Å². The summed E-state index contributed by atoms with van der Waals surface area (Å²) in [5.74, 6) is 1.87. The average molecular weight is 415 g/mol. The zero-order valence-electron chi connectivity index (χ0n) is 17.2. The van der Waals surface area contributed by atoms with Gasteiger partial charge in [0.15, 0.2) is 0 Å². The molecule has 31 heavy (non-hydrogen) atoms. The predicted molar refractivity (Wildman–Crippen MR) is 114 cm³/mol. The Morgan fingerprint density at radius 3 is 2.58 bits per heavy atom. The average Bonchev–Trinajstić information content (AvgIpc) is 2.83. The molecule has 1 unspecified atom stereocenters. The topological polar surface area (TPSA) is 93.5 Å². The van der Waals surface area contributed by atoms with E-state index in [1.807, 2.05) is 42.5 Å². The number of carbonyl (C=O) groups excluding carboxylic acids is 1. The van der Waals surface area contributed by atoms with E-state index in [1.54, 1.807) is 20.3 Å². The quantitative estimate of drug-likeness (QED) is 0.680. The molecule has 1 aliphatic rings. The maximum absolute atomic E-state index is 12.8. The SMILES string of the molecule is COc1cc(OC)cc(-c2ccc3c(c2)C(NC(=O)c2ccnc(C#N)c2)CCO3)c1. The standard InChI is InChI=1S/C24H21N3O4/c1-29-19-10-17(11-20(13-19)30-2)15-3-4-23-21(12-15)22(6-8-31-23)27-24(28)16-5-7-26-18(9-16)14-25/h3-5,7,9-13,22H,6,8H2,1-2H3,(H,27,28). The van der Waals surface area contributed by atoms with Crippen LogP contribution in [0.15, 0.2) is 54.7 Å². The molecule has 0 aliphatic carbocycles. The molecule has 1 atom stereocenters. The molecule has 0 fully saturated rings. The van der Waals surface area contributed by atoms with E-state index in [0.717, 1.165) is 22.4 Å². The highest BCUT2D eigenvalue weighted by molar-refractivity contribution is 5.94. The molecule has 4 rings (SSSR count). The second-order valence-corrected chi connectivity index (χ2v) is 7.06. The number of rotatable bonds is 5. The normalized spacial score (nSPS) is 14.5. The zero-order chi connectivity index (χ0) is 21.8. The van der Waals surface area contributed by atoms with Crippen LogP contribution in [0.3, 0.4) is 0 Å². The van der Waals surface area contributed by atoms with Gasteiger partial charge in [-0.3, -0.25) is 4.79 Å². The number of carbonyl (C=O) groups is 1. The van der Waals surface area contributed by atoms with Crippen LogP contribution in [0.25, 0.3) is 11.1 Å². The first-order valence-corrected chi connectivity index (χ1v) is 9.78. The third kappa shape index (κ3) is 4.28. The van der Waals surface area contributed by atoms with E-state index < -0.39 is 0 Å². The lowest BCUT2D eigenvalue weighted by molar-refractivity contribution is 0.0924. The molecule has 0 spiro atoms. The fraction of sp³-hybridized carbons (Fsp3) is 0.208. The molecule has 1 aliphatic heterocycles. The lowest BCUT2D eigenvalue weighted by Crippen LogP contribution is -2.32. The highest BCUT2D eigenvalue weighted by Crippen LogP contribution is 2.37. The van der Waals surface area contributed by atoms with Crippen LogP contribution in [0.1, 0.15) is 34.1 Å². The summed E-state index contributed by atoms with van der Waals surface area (Å²) in [6, 6.07) is 16.4. The molecule has 0 saturated carbocycles. The number of nitrogens with zero attached hydrogens (tertiary/aromatic N) is 2. The van der Waals surface area contributed by atoms with Gasteiger partial charge in [-0.25, -0.2) is 4.98 Å². The predicted octanol–water partition coefficient (Wildman–Crippen LogP) is 3.89. The maximum atomic E-state index is 12.8. The number of hydrogen-bond acceptors (Lipinski definition) is 6. The lowest BCUT2D eigenvalue weighted by Gasteiger charge is -2.27. The highest BCUT2D eigenvalue weighted by atomic mass is 16.5. The first-order chi connectivity index (χ1) is 15.1. The van der Waals surface area contributed by atoms with Crippen LogP contribution in [0.4, 0.5) is 0 Å². The third-order valence-corrected chi connectivity index (χ3v) is 5.18. The Morgan fingerprint density at radius 2 is 1.87 bits per heavy atom. The number of benzene rings is 2. The van der Waals surface area contributed by atoms with E-state index in [2.05, 4.69) is 10.3 Å². The van der Waals surface area contributed by atoms with Crippen molar-refractivity contribution in [2.75, 3.05) is 20.8 Å². The van der Waals surface area contributed by atoms with Crippen LogP contribution in [0.2, 0.25) is 0 Å². The minimum atomic E-state index is -0.259. The minimum absolute atomic E-state index is 0.203. The summed E-state index contributed by atoms with van der Waals surface area (Å²) in [6.07, 6.45) is 2.10. The number of aromatic nitrogens is 1. The summed E-state index contributed by atoms with van der Waals surface area (Å²) in [5, 5.41) is 12.1. The van der Waals surface area contributed by atoms with E-state index in [4.69, 9.17) is 19.5 Å². The van der Waals surface area contributed by atoms with Gasteiger partial charge in [0.05, 0.1) is 26.9 Å². The first kappa shape index (κ1) is 20.2. The van der Waals surface area contributed by atoms with Crippen molar-refractivity contribution in [1.82, 2.24) is 10.3 Å². The maximum Gasteiger partial charge on any atom is 0.251 e. The fourth-order valence-electron chi connectivity index (χ4n) is 3.57. The smallest absolute Gasteiger partial charge is 0.251 e. The fourth-order valence-corrected chi connectivity index (χ4v) is 3.57. The van der Waals surface area contributed by atoms with Crippen molar-refractivity contribution < 1.29 is 19.0 Å². The van der Waals surface area contributed by atoms with Crippen molar-refractivity contribution in [1.29, 1.82) is 5.26 Å². The number of pyridine rings is 1. The number of fused-ring (bicyclic) bond motifs is 1. The number of nitriles is 1. The Kier molecular flexibility index (Phi) is 5.72. The van der Waals surface area contributed by atoms with Gasteiger partial charge in [0.2, 0.25) is 0 Å². The Morgan fingerprint density at radius 1 is 1.10 bits per heavy atom. The lowest BCUT2D eigenvalue weighted by atomic mass is 9.95. The number of amides is 1. The van der Waals surface area contributed by atoms with E-state index in [-0.39, 0.29) is 17.6 Å². The van der Waals surface area contributed by atoms with Crippen molar-refractivity contribution >= 4 is 5.91 Å². The van der Waals surface area contributed by atoms with Crippen LogP contribution in [0.5, 0.6) is 17.2 Å². The summed E-state index contributed by atoms with van der Waals surface area (Å²) in [7, 11) is 3.23. The summed E-state index contributed by atoms with van der Waals surface area (Å²) in [5.41, 5.74) is 3.38. The molecule has 1 aromatic heterocycles. The summed E-state index contributed by atoms with van der Waals surface area (Å²) < 4.78 is 16.6. The highest BCUT2D eigenvalue weighted by Gasteiger charge is 2.24. The minimum Gasteiger partial charge on any atom is -0.497 e. The number of nitrogens with one attached hydrogen (secondary N) is 1. The van der Waals surface area contributed by atoms with Crippen molar-refractivity contribution in [2.45, 2.75) is 12.5 Å². The van der Waals surface area contributed by atoms with Crippen molar-refractivity contribution in [3.63, 3.8) is 0 Å². The third-order valence-electron chi connectivity index (χ3n) is 5.18. The van der Waals surface area contributed by atoms with E-state index in [0.29, 0.717) is 30.1 Å².